The summed E-state index contributed by atoms with van der Waals surface area (Å²) in [6.07, 6.45) is 0. The van der Waals surface area contributed by atoms with Crippen molar-refractivity contribution in [3.63, 3.8) is 0 Å². The molecule has 0 saturated carbocycles. The van der Waals surface area contributed by atoms with Gasteiger partial charge < -0.3 is 9.47 Å². The molecule has 0 heterocycles. The summed E-state index contributed by atoms with van der Waals surface area (Å²) in [7, 11) is -1.86. The molecule has 0 aliphatic carbocycles. The first-order chi connectivity index (χ1) is 9.72. The zero-order valence-electron chi connectivity index (χ0n) is 11.5. The fraction of sp³-hybridized carbons (Fsp3) is 0.364. The average molecular weight is 318 g/mol. The van der Waals surface area contributed by atoms with E-state index in [9.17, 15) is 23.3 Å². The van der Waals surface area contributed by atoms with Crippen LogP contribution in [0.3, 0.4) is 0 Å². The highest BCUT2D eigenvalue weighted by atomic mass is 32.2. The molecule has 1 rings (SSSR count). The molecule has 0 fully saturated rings. The predicted octanol–water partition coefficient (Wildman–Crippen LogP) is 0.443. The highest BCUT2D eigenvalue weighted by Gasteiger charge is 2.27. The number of methoxy groups -OCH3 is 2. The first-order valence-electron chi connectivity index (χ1n) is 5.65. The number of sulfonamides is 1. The largest absolute Gasteiger partial charge is 0.495 e. The van der Waals surface area contributed by atoms with Gasteiger partial charge in [0.1, 0.15) is 16.7 Å². The standard InChI is InChI=1S/C11H14N2O7S/c1-7(11(14)20-3)12-21(17,18)10-6-8(13(15)16)4-5-9(10)19-2/h4-7,12H,1-3H3. The number of hydrogen-bond donors (Lipinski definition) is 1. The molecule has 1 aromatic rings. The number of ether oxygens (including phenoxy) is 2. The molecule has 1 aromatic carbocycles. The Morgan fingerprint density at radius 1 is 1.38 bits per heavy atom. The SMILES string of the molecule is COC(=O)C(C)NS(=O)(=O)c1cc([N+](=O)[O-])ccc1OC. The molecule has 0 aliphatic rings. The van der Waals surface area contributed by atoms with Gasteiger partial charge in [0.05, 0.1) is 19.1 Å². The zero-order chi connectivity index (χ0) is 16.2. The Labute approximate surface area is 121 Å². The molecule has 0 amide bonds. The van der Waals surface area contributed by atoms with Crippen LogP contribution in [-0.2, 0) is 19.6 Å². The van der Waals surface area contributed by atoms with E-state index in [0.717, 1.165) is 25.3 Å². The van der Waals surface area contributed by atoms with Gasteiger partial charge in [0.25, 0.3) is 5.69 Å². The summed E-state index contributed by atoms with van der Waals surface area (Å²) in [6.45, 7) is 1.28. The van der Waals surface area contributed by atoms with Crippen LogP contribution < -0.4 is 9.46 Å². The van der Waals surface area contributed by atoms with Crippen LogP contribution in [0.1, 0.15) is 6.92 Å². The number of rotatable bonds is 6. The summed E-state index contributed by atoms with van der Waals surface area (Å²) >= 11 is 0. The molecule has 1 atom stereocenters. The topological polar surface area (TPSA) is 125 Å². The van der Waals surface area contributed by atoms with Gasteiger partial charge in [-0.1, -0.05) is 0 Å². The maximum absolute atomic E-state index is 12.2. The maximum Gasteiger partial charge on any atom is 0.323 e. The smallest absolute Gasteiger partial charge is 0.323 e. The number of esters is 1. The van der Waals surface area contributed by atoms with Crippen molar-refractivity contribution in [3.05, 3.63) is 28.3 Å². The van der Waals surface area contributed by atoms with Crippen LogP contribution in [0, 0.1) is 10.1 Å². The minimum Gasteiger partial charge on any atom is -0.495 e. The quantitative estimate of drug-likeness (QED) is 0.458. The van der Waals surface area contributed by atoms with Crippen LogP contribution in [0.4, 0.5) is 5.69 Å². The monoisotopic (exact) mass is 318 g/mol. The van der Waals surface area contributed by atoms with Crippen molar-refractivity contribution in [3.8, 4) is 5.75 Å². The third-order valence-corrected chi connectivity index (χ3v) is 4.10. The molecule has 10 heteroatoms. The summed E-state index contributed by atoms with van der Waals surface area (Å²) in [5, 5.41) is 10.7. The molecule has 0 saturated heterocycles. The minimum absolute atomic E-state index is 0.0786. The Morgan fingerprint density at radius 2 is 2.00 bits per heavy atom. The van der Waals surface area contributed by atoms with Crippen molar-refractivity contribution >= 4 is 21.7 Å². The lowest BCUT2D eigenvalue weighted by atomic mass is 10.3. The summed E-state index contributed by atoms with van der Waals surface area (Å²) in [5.41, 5.74) is -0.415. The number of carbonyl (C=O) groups excluding carboxylic acids is 1. The summed E-state index contributed by atoms with van der Waals surface area (Å²) in [5.74, 6) is -0.867. The van der Waals surface area contributed by atoms with Gasteiger partial charge >= 0.3 is 5.97 Å². The summed E-state index contributed by atoms with van der Waals surface area (Å²) in [6, 6.07) is 1.98. The molecule has 9 nitrogen and oxygen atoms in total. The lowest BCUT2D eigenvalue weighted by molar-refractivity contribution is -0.385. The molecular weight excluding hydrogens is 304 g/mol. The second-order valence-corrected chi connectivity index (χ2v) is 5.64. The molecular formula is C11H14N2O7S. The number of nitro groups is 1. The Morgan fingerprint density at radius 3 is 2.48 bits per heavy atom. The molecule has 0 radical (unpaired) electrons. The average Bonchev–Trinajstić information content (AvgIpc) is 2.44. The van der Waals surface area contributed by atoms with Gasteiger partial charge in [0, 0.05) is 12.1 Å². The number of nitrogens with zero attached hydrogens (tertiary/aromatic N) is 1. The number of carbonyl (C=O) groups is 1. The predicted molar refractivity (Wildman–Crippen MR) is 71.4 cm³/mol. The van der Waals surface area contributed by atoms with Crippen LogP contribution in [0.15, 0.2) is 23.1 Å². The van der Waals surface area contributed by atoms with Gasteiger partial charge in [-0.3, -0.25) is 14.9 Å². The van der Waals surface area contributed by atoms with Crippen LogP contribution in [0.5, 0.6) is 5.75 Å². The van der Waals surface area contributed by atoms with Crippen LogP contribution >= 0.6 is 0 Å². The lowest BCUT2D eigenvalue weighted by Crippen LogP contribution is -2.39. The third kappa shape index (κ3) is 3.89. The Hall–Kier alpha value is -2.20. The molecule has 1 N–H and O–H groups in total. The molecule has 0 bridgehead atoms. The number of nitrogens with one attached hydrogen (secondary N) is 1. The zero-order valence-corrected chi connectivity index (χ0v) is 12.3. The van der Waals surface area contributed by atoms with E-state index in [4.69, 9.17) is 4.74 Å². The molecule has 21 heavy (non-hydrogen) atoms. The van der Waals surface area contributed by atoms with Crippen molar-refractivity contribution in [2.24, 2.45) is 0 Å². The van der Waals surface area contributed by atoms with Crippen LogP contribution in [0.25, 0.3) is 0 Å². The number of benzene rings is 1. The van der Waals surface area contributed by atoms with E-state index in [-0.39, 0.29) is 5.75 Å². The maximum atomic E-state index is 12.2. The van der Waals surface area contributed by atoms with Gasteiger partial charge in [0.15, 0.2) is 0 Å². The van der Waals surface area contributed by atoms with Crippen LogP contribution in [0.2, 0.25) is 0 Å². The Kier molecular flexibility index (Phi) is 5.22. The van der Waals surface area contributed by atoms with Gasteiger partial charge in [-0.05, 0) is 13.0 Å². The normalized spacial score (nSPS) is 12.5. The van der Waals surface area contributed by atoms with E-state index in [0.29, 0.717) is 0 Å². The fourth-order valence-corrected chi connectivity index (χ4v) is 2.89. The summed E-state index contributed by atoms with van der Waals surface area (Å²) < 4.78 is 35.7. The van der Waals surface area contributed by atoms with E-state index in [2.05, 4.69) is 9.46 Å². The molecule has 0 aliphatic heterocycles. The summed E-state index contributed by atoms with van der Waals surface area (Å²) in [4.78, 5) is 20.8. The van der Waals surface area contributed by atoms with Crippen molar-refractivity contribution in [2.45, 2.75) is 17.9 Å². The van der Waals surface area contributed by atoms with E-state index in [1.807, 2.05) is 0 Å². The molecule has 116 valence electrons. The van der Waals surface area contributed by atoms with Crippen LogP contribution in [-0.4, -0.2) is 39.6 Å². The number of non-ortho nitro benzene ring substituents is 1. The molecule has 1 unspecified atom stereocenters. The third-order valence-electron chi connectivity index (χ3n) is 2.53. The first-order valence-corrected chi connectivity index (χ1v) is 7.14. The second-order valence-electron chi connectivity index (χ2n) is 3.96. The van der Waals surface area contributed by atoms with E-state index >= 15 is 0 Å². The minimum atomic E-state index is -4.19. The number of nitro benzene ring substituents is 1. The number of hydrogen-bond acceptors (Lipinski definition) is 7. The fourth-order valence-electron chi connectivity index (χ4n) is 1.51. The van der Waals surface area contributed by atoms with Gasteiger partial charge in [0.2, 0.25) is 10.0 Å². The van der Waals surface area contributed by atoms with Crippen molar-refractivity contribution < 1.29 is 27.6 Å². The molecule has 0 spiro atoms. The van der Waals surface area contributed by atoms with Gasteiger partial charge in [-0.15, -0.1) is 0 Å². The van der Waals surface area contributed by atoms with E-state index < -0.39 is 37.5 Å². The first kappa shape index (κ1) is 16.9. The van der Waals surface area contributed by atoms with E-state index in [1.165, 1.54) is 14.0 Å². The van der Waals surface area contributed by atoms with E-state index in [1.54, 1.807) is 0 Å². The van der Waals surface area contributed by atoms with Crippen molar-refractivity contribution in [1.29, 1.82) is 0 Å². The van der Waals surface area contributed by atoms with Crippen molar-refractivity contribution in [2.75, 3.05) is 14.2 Å². The Balaban J connectivity index is 3.26. The lowest BCUT2D eigenvalue weighted by Gasteiger charge is -2.14. The highest BCUT2D eigenvalue weighted by Crippen LogP contribution is 2.28. The molecule has 0 aromatic heterocycles. The van der Waals surface area contributed by atoms with Crippen molar-refractivity contribution in [1.82, 2.24) is 4.72 Å². The second kappa shape index (κ2) is 6.50. The van der Waals surface area contributed by atoms with Gasteiger partial charge in [-0.25, -0.2) is 8.42 Å². The van der Waals surface area contributed by atoms with Gasteiger partial charge in [-0.2, -0.15) is 4.72 Å². The highest BCUT2D eigenvalue weighted by molar-refractivity contribution is 7.89. The Bertz CT molecular complexity index is 657.